The van der Waals surface area contributed by atoms with Crippen LogP contribution in [0.4, 0.5) is 0 Å². The quantitative estimate of drug-likeness (QED) is 0.774. The van der Waals surface area contributed by atoms with Crippen molar-refractivity contribution in [1.82, 2.24) is 5.32 Å². The molecule has 1 aromatic rings. The van der Waals surface area contributed by atoms with Gasteiger partial charge in [0.15, 0.2) is 0 Å². The standard InChI is InChI=1S/C10H14BrClN2O/c11-7-1-2-8(9(12)5-7)10(6-13)14-3-4-15/h1-2,5,10,14-15H,3-4,6,13H2. The topological polar surface area (TPSA) is 58.3 Å². The highest BCUT2D eigenvalue weighted by molar-refractivity contribution is 9.10. The van der Waals surface area contributed by atoms with Crippen molar-refractivity contribution in [3.8, 4) is 0 Å². The Labute approximate surface area is 103 Å². The lowest BCUT2D eigenvalue weighted by Crippen LogP contribution is -2.30. The maximum atomic E-state index is 8.73. The van der Waals surface area contributed by atoms with Gasteiger partial charge < -0.3 is 16.2 Å². The fourth-order valence-electron chi connectivity index (χ4n) is 1.34. The van der Waals surface area contributed by atoms with Crippen molar-refractivity contribution >= 4 is 27.5 Å². The Hall–Kier alpha value is -0.130. The minimum atomic E-state index is -0.0160. The van der Waals surface area contributed by atoms with E-state index in [2.05, 4.69) is 21.2 Å². The molecule has 0 spiro atoms. The zero-order valence-electron chi connectivity index (χ0n) is 8.21. The number of benzene rings is 1. The van der Waals surface area contributed by atoms with Crippen LogP contribution in [0, 0.1) is 0 Å². The first-order valence-electron chi connectivity index (χ1n) is 4.68. The molecule has 1 atom stereocenters. The molecule has 0 heterocycles. The van der Waals surface area contributed by atoms with Gasteiger partial charge in [0.2, 0.25) is 0 Å². The molecular formula is C10H14BrClN2O. The molecule has 0 aliphatic carbocycles. The van der Waals surface area contributed by atoms with Crippen molar-refractivity contribution in [1.29, 1.82) is 0 Å². The average Bonchev–Trinajstić information content (AvgIpc) is 2.21. The summed E-state index contributed by atoms with van der Waals surface area (Å²) in [4.78, 5) is 0. The van der Waals surface area contributed by atoms with Gasteiger partial charge in [-0.25, -0.2) is 0 Å². The van der Waals surface area contributed by atoms with Gasteiger partial charge in [-0.15, -0.1) is 0 Å². The molecule has 0 aliphatic heterocycles. The normalized spacial score (nSPS) is 12.8. The molecule has 1 rings (SSSR count). The smallest absolute Gasteiger partial charge is 0.0556 e. The number of rotatable bonds is 5. The maximum absolute atomic E-state index is 8.73. The van der Waals surface area contributed by atoms with Gasteiger partial charge in [0.25, 0.3) is 0 Å². The first-order valence-corrected chi connectivity index (χ1v) is 5.85. The predicted octanol–water partition coefficient (Wildman–Crippen LogP) is 1.68. The molecule has 0 aromatic heterocycles. The molecule has 0 bridgehead atoms. The van der Waals surface area contributed by atoms with E-state index in [0.717, 1.165) is 10.0 Å². The van der Waals surface area contributed by atoms with E-state index in [0.29, 0.717) is 18.1 Å². The summed E-state index contributed by atoms with van der Waals surface area (Å²) in [5.74, 6) is 0. The summed E-state index contributed by atoms with van der Waals surface area (Å²) in [7, 11) is 0. The average molecular weight is 294 g/mol. The minimum Gasteiger partial charge on any atom is -0.395 e. The molecule has 0 amide bonds. The van der Waals surface area contributed by atoms with E-state index in [1.54, 1.807) is 0 Å². The first kappa shape index (κ1) is 12.9. The molecule has 84 valence electrons. The summed E-state index contributed by atoms with van der Waals surface area (Å²) >= 11 is 9.44. The molecule has 0 radical (unpaired) electrons. The van der Waals surface area contributed by atoms with Crippen LogP contribution in [-0.4, -0.2) is 24.8 Å². The monoisotopic (exact) mass is 292 g/mol. The fourth-order valence-corrected chi connectivity index (χ4v) is 2.15. The van der Waals surface area contributed by atoms with Crippen molar-refractivity contribution < 1.29 is 5.11 Å². The molecule has 4 N–H and O–H groups in total. The second kappa shape index (κ2) is 6.45. The number of aliphatic hydroxyl groups is 1. The van der Waals surface area contributed by atoms with E-state index < -0.39 is 0 Å². The SMILES string of the molecule is NCC(NCCO)c1ccc(Br)cc1Cl. The highest BCUT2D eigenvalue weighted by atomic mass is 79.9. The van der Waals surface area contributed by atoms with Crippen molar-refractivity contribution in [2.75, 3.05) is 19.7 Å². The number of hydrogen-bond donors (Lipinski definition) is 3. The third-order valence-corrected chi connectivity index (χ3v) is 2.90. The van der Waals surface area contributed by atoms with Crippen LogP contribution in [0.1, 0.15) is 11.6 Å². The van der Waals surface area contributed by atoms with Gasteiger partial charge >= 0.3 is 0 Å². The van der Waals surface area contributed by atoms with Crippen LogP contribution in [0.2, 0.25) is 5.02 Å². The van der Waals surface area contributed by atoms with Gasteiger partial charge in [0, 0.05) is 28.6 Å². The van der Waals surface area contributed by atoms with Gasteiger partial charge in [-0.05, 0) is 17.7 Å². The Kier molecular flexibility index (Phi) is 5.56. The molecule has 0 aliphatic rings. The van der Waals surface area contributed by atoms with Crippen LogP contribution in [0.3, 0.4) is 0 Å². The summed E-state index contributed by atoms with van der Waals surface area (Å²) in [6, 6.07) is 5.66. The second-order valence-corrected chi connectivity index (χ2v) is 4.45. The number of hydrogen-bond acceptors (Lipinski definition) is 3. The molecule has 1 aromatic carbocycles. The largest absolute Gasteiger partial charge is 0.395 e. The van der Waals surface area contributed by atoms with E-state index in [1.807, 2.05) is 18.2 Å². The van der Waals surface area contributed by atoms with Crippen molar-refractivity contribution in [3.63, 3.8) is 0 Å². The second-order valence-electron chi connectivity index (χ2n) is 3.13. The highest BCUT2D eigenvalue weighted by Gasteiger charge is 2.12. The van der Waals surface area contributed by atoms with Gasteiger partial charge in [0.05, 0.1) is 6.61 Å². The lowest BCUT2D eigenvalue weighted by atomic mass is 10.1. The van der Waals surface area contributed by atoms with E-state index in [4.69, 9.17) is 22.4 Å². The van der Waals surface area contributed by atoms with Gasteiger partial charge in [-0.1, -0.05) is 33.6 Å². The Morgan fingerprint density at radius 3 is 2.80 bits per heavy atom. The molecule has 0 saturated heterocycles. The van der Waals surface area contributed by atoms with Crippen molar-refractivity contribution in [3.05, 3.63) is 33.3 Å². The Morgan fingerprint density at radius 1 is 1.53 bits per heavy atom. The van der Waals surface area contributed by atoms with Crippen LogP contribution < -0.4 is 11.1 Å². The molecule has 15 heavy (non-hydrogen) atoms. The zero-order chi connectivity index (χ0) is 11.3. The summed E-state index contributed by atoms with van der Waals surface area (Å²) in [6.07, 6.45) is 0. The van der Waals surface area contributed by atoms with Crippen molar-refractivity contribution in [2.45, 2.75) is 6.04 Å². The molecule has 0 fully saturated rings. The predicted molar refractivity (Wildman–Crippen MR) is 66.0 cm³/mol. The Bertz CT molecular complexity index is 322. The van der Waals surface area contributed by atoms with E-state index in [1.165, 1.54) is 0 Å². The number of aliphatic hydroxyl groups excluding tert-OH is 1. The number of nitrogens with two attached hydrogens (primary N) is 1. The van der Waals surface area contributed by atoms with Gasteiger partial charge in [-0.2, -0.15) is 0 Å². The lowest BCUT2D eigenvalue weighted by Gasteiger charge is -2.18. The van der Waals surface area contributed by atoms with Gasteiger partial charge in [0.1, 0.15) is 0 Å². The van der Waals surface area contributed by atoms with E-state index in [-0.39, 0.29) is 12.6 Å². The van der Waals surface area contributed by atoms with E-state index in [9.17, 15) is 0 Å². The summed E-state index contributed by atoms with van der Waals surface area (Å²) in [5.41, 5.74) is 6.59. The molecule has 1 unspecified atom stereocenters. The number of halogens is 2. The third kappa shape index (κ3) is 3.74. The summed E-state index contributed by atoms with van der Waals surface area (Å²) in [6.45, 7) is 1.04. The van der Waals surface area contributed by atoms with Crippen LogP contribution in [0.5, 0.6) is 0 Å². The molecule has 3 nitrogen and oxygen atoms in total. The van der Waals surface area contributed by atoms with Crippen LogP contribution in [0.25, 0.3) is 0 Å². The molecular weight excluding hydrogens is 279 g/mol. The Morgan fingerprint density at radius 2 is 2.27 bits per heavy atom. The van der Waals surface area contributed by atoms with Crippen LogP contribution in [0.15, 0.2) is 22.7 Å². The third-order valence-electron chi connectivity index (χ3n) is 2.08. The minimum absolute atomic E-state index is 0.0160. The fraction of sp³-hybridized carbons (Fsp3) is 0.400. The van der Waals surface area contributed by atoms with Gasteiger partial charge in [-0.3, -0.25) is 0 Å². The van der Waals surface area contributed by atoms with Crippen LogP contribution >= 0.6 is 27.5 Å². The van der Waals surface area contributed by atoms with Crippen LogP contribution in [-0.2, 0) is 0 Å². The highest BCUT2D eigenvalue weighted by Crippen LogP contribution is 2.25. The number of nitrogens with one attached hydrogen (secondary N) is 1. The molecule has 0 saturated carbocycles. The van der Waals surface area contributed by atoms with Crippen molar-refractivity contribution in [2.24, 2.45) is 5.73 Å². The zero-order valence-corrected chi connectivity index (χ0v) is 10.6. The molecule has 5 heteroatoms. The summed E-state index contributed by atoms with van der Waals surface area (Å²) in [5, 5.41) is 12.5. The van der Waals surface area contributed by atoms with E-state index >= 15 is 0 Å². The maximum Gasteiger partial charge on any atom is 0.0556 e. The first-order chi connectivity index (χ1) is 7.19. The lowest BCUT2D eigenvalue weighted by molar-refractivity contribution is 0.285. The summed E-state index contributed by atoms with van der Waals surface area (Å²) < 4.78 is 0.939. The Balaban J connectivity index is 2.81.